The number of amides is 3. The van der Waals surface area contributed by atoms with Crippen LogP contribution in [0.25, 0.3) is 11.1 Å². The van der Waals surface area contributed by atoms with Crippen LogP contribution >= 0.6 is 23.2 Å². The van der Waals surface area contributed by atoms with Crippen molar-refractivity contribution >= 4 is 46.7 Å². The number of imide groups is 1. The zero-order valence-electron chi connectivity index (χ0n) is 27.0. The van der Waals surface area contributed by atoms with Crippen LogP contribution in [0.3, 0.4) is 0 Å². The minimum absolute atomic E-state index is 0.118. The zero-order chi connectivity index (χ0) is 35.3. The number of aromatic nitrogens is 3. The van der Waals surface area contributed by atoms with Crippen molar-refractivity contribution < 1.29 is 27.9 Å². The molecule has 2 saturated heterocycles. The number of carbonyl (C=O) groups excluding carboxylic acids is 3. The first kappa shape index (κ1) is 33.9. The number of halogens is 4. The molecule has 3 aliphatic heterocycles. The monoisotopic (exact) mass is 723 g/mol. The van der Waals surface area contributed by atoms with E-state index in [9.17, 15) is 18.8 Å². The van der Waals surface area contributed by atoms with Crippen molar-refractivity contribution in [1.82, 2.24) is 29.9 Å². The van der Waals surface area contributed by atoms with E-state index in [2.05, 4.69) is 20.3 Å². The van der Waals surface area contributed by atoms with Crippen LogP contribution in [0.15, 0.2) is 48.9 Å². The molecule has 0 bridgehead atoms. The molecule has 2 aromatic carbocycles. The topological polar surface area (TPSA) is 136 Å². The van der Waals surface area contributed by atoms with Crippen molar-refractivity contribution in [2.24, 2.45) is 0 Å². The number of likely N-dealkylation sites (tertiary alicyclic amines) is 1. The number of carbonyl (C=O) groups is 3. The number of anilines is 1. The summed E-state index contributed by atoms with van der Waals surface area (Å²) in [7, 11) is 0. The predicted molar refractivity (Wildman–Crippen MR) is 181 cm³/mol. The highest BCUT2D eigenvalue weighted by Crippen LogP contribution is 2.37. The molecule has 2 fully saturated rings. The molecular weight excluding hydrogens is 691 g/mol. The number of nitrogen functional groups attached to an aromatic ring is 1. The van der Waals surface area contributed by atoms with Gasteiger partial charge in [0.2, 0.25) is 11.8 Å². The van der Waals surface area contributed by atoms with E-state index < -0.39 is 35.6 Å². The molecule has 3 aliphatic rings. The Hall–Kier alpha value is -4.59. The van der Waals surface area contributed by atoms with Crippen molar-refractivity contribution in [3.8, 4) is 16.9 Å². The number of rotatable bonds is 8. The lowest BCUT2D eigenvalue weighted by Crippen LogP contribution is -2.52. The van der Waals surface area contributed by atoms with E-state index >= 15 is 4.39 Å². The fourth-order valence-corrected chi connectivity index (χ4v) is 7.58. The number of nitrogens with zero attached hydrogens (tertiary/aromatic N) is 5. The fourth-order valence-electron chi connectivity index (χ4n) is 6.90. The van der Waals surface area contributed by atoms with Crippen molar-refractivity contribution in [3.05, 3.63) is 92.9 Å². The predicted octanol–water partition coefficient (Wildman–Crippen LogP) is 5.85. The van der Waals surface area contributed by atoms with Gasteiger partial charge in [-0.05, 0) is 62.1 Å². The molecule has 0 saturated carbocycles. The van der Waals surface area contributed by atoms with Gasteiger partial charge in [-0.3, -0.25) is 29.3 Å². The van der Waals surface area contributed by atoms with Crippen molar-refractivity contribution in [2.75, 3.05) is 18.8 Å². The fraction of sp³-hybridized carbons (Fsp3) is 0.343. The van der Waals surface area contributed by atoms with Gasteiger partial charge < -0.3 is 15.4 Å². The average Bonchev–Trinajstić information content (AvgIpc) is 3.70. The summed E-state index contributed by atoms with van der Waals surface area (Å²) in [5.74, 6) is -1.87. The van der Waals surface area contributed by atoms with Gasteiger partial charge in [-0.15, -0.1) is 0 Å². The van der Waals surface area contributed by atoms with E-state index in [0.717, 1.165) is 24.0 Å². The molecule has 0 aliphatic carbocycles. The van der Waals surface area contributed by atoms with Gasteiger partial charge in [0, 0.05) is 77.8 Å². The van der Waals surface area contributed by atoms with E-state index in [0.29, 0.717) is 42.1 Å². The maximum atomic E-state index is 15.3. The number of ether oxygens (including phenoxy) is 1. The molecule has 0 radical (unpaired) electrons. The maximum absolute atomic E-state index is 15.3. The largest absolute Gasteiger partial charge is 0.482 e. The lowest BCUT2D eigenvalue weighted by atomic mass is 10.0. The Labute approximate surface area is 296 Å². The van der Waals surface area contributed by atoms with Crippen molar-refractivity contribution in [2.45, 2.75) is 63.9 Å². The second-order valence-electron chi connectivity index (χ2n) is 12.8. The van der Waals surface area contributed by atoms with E-state index in [1.54, 1.807) is 31.5 Å². The zero-order valence-corrected chi connectivity index (χ0v) is 28.5. The third-order valence-electron chi connectivity index (χ3n) is 9.62. The molecule has 7 rings (SSSR count). The van der Waals surface area contributed by atoms with Crippen LogP contribution in [0.2, 0.25) is 10.0 Å². The summed E-state index contributed by atoms with van der Waals surface area (Å²) in [6, 6.07) is 6.72. The molecule has 15 heteroatoms. The summed E-state index contributed by atoms with van der Waals surface area (Å²) in [4.78, 5) is 44.9. The summed E-state index contributed by atoms with van der Waals surface area (Å²) < 4.78 is 37.3. The number of fused-ring (bicyclic) bond motifs is 1. The summed E-state index contributed by atoms with van der Waals surface area (Å²) in [5.41, 5.74) is 9.38. The molecule has 2 aromatic heterocycles. The molecule has 11 nitrogen and oxygen atoms in total. The molecule has 50 heavy (non-hydrogen) atoms. The summed E-state index contributed by atoms with van der Waals surface area (Å²) in [6.45, 7) is 3.70. The number of hydrogen-bond donors (Lipinski definition) is 2. The van der Waals surface area contributed by atoms with E-state index in [4.69, 9.17) is 33.7 Å². The van der Waals surface area contributed by atoms with Gasteiger partial charge in [0.1, 0.15) is 23.8 Å². The van der Waals surface area contributed by atoms with Crippen LogP contribution in [0.4, 0.5) is 14.6 Å². The number of hydrogen-bond acceptors (Lipinski definition) is 8. The van der Waals surface area contributed by atoms with Crippen LogP contribution < -0.4 is 15.8 Å². The first-order valence-electron chi connectivity index (χ1n) is 16.2. The van der Waals surface area contributed by atoms with Crippen LogP contribution in [0.5, 0.6) is 5.75 Å². The molecule has 3 N–H and O–H groups in total. The normalized spacial score (nSPS) is 19.1. The Balaban J connectivity index is 0.978. The number of nitrogens with two attached hydrogens (primary N) is 1. The van der Waals surface area contributed by atoms with Crippen molar-refractivity contribution in [3.63, 3.8) is 0 Å². The third-order valence-corrected chi connectivity index (χ3v) is 10.3. The number of piperidine rings is 2. The average molecular weight is 725 g/mol. The van der Waals surface area contributed by atoms with Gasteiger partial charge in [-0.25, -0.2) is 13.8 Å². The van der Waals surface area contributed by atoms with Crippen LogP contribution in [-0.4, -0.2) is 61.4 Å². The standard InChI is InChI=1S/C35H33Cl2F2N7O4/c1-18(31-25(36)2-3-26(38)32(31)37)50-29-11-19(13-41-33(29)40)22-14-42-46(17-22)23-6-8-44(9-7-23)15-21-10-20-16-45(35(49)24(20)12-27(21)39)28-4-5-30(47)43-34(28)48/h2-3,10-14,17-18,23,28H,4-9,15-16H2,1H3,(H2,40,41)(H,43,47,48). The molecule has 4 aromatic rings. The summed E-state index contributed by atoms with van der Waals surface area (Å²) >= 11 is 12.5. The van der Waals surface area contributed by atoms with Gasteiger partial charge in [-0.2, -0.15) is 5.10 Å². The van der Waals surface area contributed by atoms with Crippen LogP contribution in [-0.2, 0) is 22.7 Å². The van der Waals surface area contributed by atoms with Crippen molar-refractivity contribution in [1.29, 1.82) is 0 Å². The number of pyridine rings is 1. The molecule has 260 valence electrons. The SMILES string of the molecule is CC(Oc1cc(-c2cnn(C3CCN(Cc4cc5c(cc4F)C(=O)N(C4CCC(=O)NC4=O)C5)CC3)c2)cnc1N)c1c(Cl)ccc(F)c1Cl. The Morgan fingerprint density at radius 2 is 1.82 bits per heavy atom. The molecule has 3 amide bonds. The van der Waals surface area contributed by atoms with E-state index in [1.165, 1.54) is 23.1 Å². The molecular formula is C35H33Cl2F2N7O4. The third kappa shape index (κ3) is 6.52. The van der Waals surface area contributed by atoms with Gasteiger partial charge >= 0.3 is 0 Å². The Bertz CT molecular complexity index is 2020. The first-order valence-corrected chi connectivity index (χ1v) is 17.0. The molecule has 5 heterocycles. The minimum Gasteiger partial charge on any atom is -0.482 e. The second kappa shape index (κ2) is 13.6. The number of nitrogens with one attached hydrogen (secondary N) is 1. The van der Waals surface area contributed by atoms with Crippen LogP contribution in [0, 0.1) is 11.6 Å². The van der Waals surface area contributed by atoms with Gasteiger partial charge in [-0.1, -0.05) is 23.2 Å². The molecule has 2 atom stereocenters. The van der Waals surface area contributed by atoms with E-state index in [-0.39, 0.29) is 52.8 Å². The summed E-state index contributed by atoms with van der Waals surface area (Å²) in [5, 5.41) is 7.05. The Morgan fingerprint density at radius 3 is 2.58 bits per heavy atom. The minimum atomic E-state index is -0.748. The molecule has 0 spiro atoms. The molecule has 2 unspecified atom stereocenters. The first-order chi connectivity index (χ1) is 24.0. The highest BCUT2D eigenvalue weighted by Gasteiger charge is 2.39. The van der Waals surface area contributed by atoms with E-state index in [1.807, 2.05) is 10.9 Å². The second-order valence-corrected chi connectivity index (χ2v) is 13.6. The maximum Gasteiger partial charge on any atom is 0.255 e. The lowest BCUT2D eigenvalue weighted by Gasteiger charge is -2.32. The summed E-state index contributed by atoms with van der Waals surface area (Å²) in [6.07, 6.45) is 6.58. The Kier molecular flexibility index (Phi) is 9.22. The quantitative estimate of drug-likeness (QED) is 0.171. The lowest BCUT2D eigenvalue weighted by molar-refractivity contribution is -0.136. The van der Waals surface area contributed by atoms with Gasteiger partial charge in [0.15, 0.2) is 11.6 Å². The van der Waals surface area contributed by atoms with Gasteiger partial charge in [0.25, 0.3) is 5.91 Å². The highest BCUT2D eigenvalue weighted by molar-refractivity contribution is 6.36. The smallest absolute Gasteiger partial charge is 0.255 e. The van der Waals surface area contributed by atoms with Gasteiger partial charge in [0.05, 0.1) is 17.3 Å². The Morgan fingerprint density at radius 1 is 1.04 bits per heavy atom. The van der Waals surface area contributed by atoms with Crippen LogP contribution in [0.1, 0.15) is 71.8 Å². The highest BCUT2D eigenvalue weighted by atomic mass is 35.5. The number of benzene rings is 2.